The second-order valence-corrected chi connectivity index (χ2v) is 0.975. The van der Waals surface area contributed by atoms with Crippen molar-refractivity contribution in [3.05, 3.63) is 0 Å². The summed E-state index contributed by atoms with van der Waals surface area (Å²) < 4.78 is 3.20. The molecule has 0 unspecified atom stereocenters. The summed E-state index contributed by atoms with van der Waals surface area (Å²) in [5, 5.41) is 0.213. The van der Waals surface area contributed by atoms with Gasteiger partial charge in [0.15, 0.2) is 6.72 Å². The van der Waals surface area contributed by atoms with Gasteiger partial charge in [-0.25, -0.2) is 4.67 Å². The van der Waals surface area contributed by atoms with E-state index < -0.39 is 0 Å². The van der Waals surface area contributed by atoms with Gasteiger partial charge in [-0.15, -0.1) is 0 Å². The number of nitrogens with zero attached hydrogens (tertiary/aromatic N) is 1. The minimum absolute atomic E-state index is 0.213. The lowest BCUT2D eigenvalue weighted by Crippen LogP contribution is -2.03. The molecular weight excluding hydrogens is 84.1 g/mol. The van der Waals surface area contributed by atoms with E-state index in [4.69, 9.17) is 5.73 Å². The molecule has 0 aliphatic carbocycles. The zero-order chi connectivity index (χ0) is 4.28. The molecule has 0 atom stereocenters. The lowest BCUT2D eigenvalue weighted by molar-refractivity contribution is 1.66. The maximum Gasteiger partial charge on any atom is 0.398 e. The number of hydrogen-bond acceptors (Lipinski definition) is 0. The molecule has 0 amide bonds. The molecule has 0 bridgehead atoms. The fourth-order valence-corrected chi connectivity index (χ4v) is 0. The van der Waals surface area contributed by atoms with Gasteiger partial charge in [0.1, 0.15) is 0 Å². The number of nitrogens with two attached hydrogens (primary N) is 1. The second kappa shape index (κ2) is 1.88. The molecular formula is C2H5N2S+. The van der Waals surface area contributed by atoms with Gasteiger partial charge in [-0.1, -0.05) is 0 Å². The van der Waals surface area contributed by atoms with E-state index in [0.717, 1.165) is 0 Å². The van der Waals surface area contributed by atoms with Crippen molar-refractivity contribution < 1.29 is 0 Å². The van der Waals surface area contributed by atoms with E-state index in [-0.39, 0.29) is 5.17 Å². The molecule has 0 aliphatic heterocycles. The Hall–Kier alpha value is -0.400. The fraction of sp³-hybridized carbons (Fsp3) is 0. The topological polar surface area (TPSA) is 40.1 Å². The number of hydrogen-bond donors (Lipinski definition) is 2. The SMILES string of the molecule is C=[N+]=C(N)S. The summed E-state index contributed by atoms with van der Waals surface area (Å²) in [6.07, 6.45) is 0. The monoisotopic (exact) mass is 89.0 g/mol. The molecule has 0 spiro atoms. The van der Waals surface area contributed by atoms with Crippen LogP contribution in [0.1, 0.15) is 0 Å². The molecule has 0 saturated heterocycles. The van der Waals surface area contributed by atoms with Crippen molar-refractivity contribution >= 4 is 24.5 Å². The lowest BCUT2D eigenvalue weighted by Gasteiger charge is -1.54. The number of thiol groups is 1. The third kappa shape index (κ3) is 3.60. The highest BCUT2D eigenvalue weighted by Crippen LogP contribution is 1.53. The van der Waals surface area contributed by atoms with E-state index in [2.05, 4.69) is 24.0 Å². The van der Waals surface area contributed by atoms with Crippen LogP contribution < -0.4 is 10.4 Å². The van der Waals surface area contributed by atoms with Crippen LogP contribution in [0.4, 0.5) is 0 Å². The molecule has 0 heterocycles. The minimum Gasteiger partial charge on any atom is -0.268 e. The van der Waals surface area contributed by atoms with Crippen LogP contribution in [0.15, 0.2) is 0 Å². The van der Waals surface area contributed by atoms with Crippen molar-refractivity contribution in [2.24, 2.45) is 5.73 Å². The Bertz CT molecular complexity index is 67.7. The van der Waals surface area contributed by atoms with Crippen molar-refractivity contribution in [2.45, 2.75) is 0 Å². The summed E-state index contributed by atoms with van der Waals surface area (Å²) in [5.74, 6) is 0. The molecule has 28 valence electrons. The van der Waals surface area contributed by atoms with Crippen LogP contribution in [0.25, 0.3) is 0 Å². The van der Waals surface area contributed by atoms with Crippen molar-refractivity contribution in [3.8, 4) is 0 Å². The van der Waals surface area contributed by atoms with Crippen molar-refractivity contribution in [1.82, 2.24) is 4.67 Å². The second-order valence-electron chi connectivity index (χ2n) is 0.516. The molecule has 0 aliphatic rings. The standard InChI is InChI=1S/C2H4N2S/c1-4-2(3)5/h1H2,(H2,3,5)/p+1. The molecule has 0 saturated carbocycles. The summed E-state index contributed by atoms with van der Waals surface area (Å²) >= 11 is 3.56. The Morgan fingerprint density at radius 1 is 2.00 bits per heavy atom. The van der Waals surface area contributed by atoms with Gasteiger partial charge < -0.3 is 0 Å². The van der Waals surface area contributed by atoms with E-state index in [1.54, 1.807) is 0 Å². The smallest absolute Gasteiger partial charge is 0.268 e. The highest BCUT2D eigenvalue weighted by molar-refractivity contribution is 7.96. The van der Waals surface area contributed by atoms with Crippen LogP contribution in [0.3, 0.4) is 0 Å². The molecule has 0 aromatic rings. The predicted octanol–water partition coefficient (Wildman–Crippen LogP) is -1.00. The van der Waals surface area contributed by atoms with Crippen molar-refractivity contribution in [3.63, 3.8) is 0 Å². The number of rotatable bonds is 0. The molecule has 2 nitrogen and oxygen atoms in total. The number of amidine groups is 1. The predicted molar refractivity (Wildman–Crippen MR) is 27.4 cm³/mol. The summed E-state index contributed by atoms with van der Waals surface area (Å²) in [4.78, 5) is 0. The zero-order valence-corrected chi connectivity index (χ0v) is 3.57. The van der Waals surface area contributed by atoms with Crippen LogP contribution in [0.5, 0.6) is 0 Å². The molecule has 3 heteroatoms. The first-order valence-corrected chi connectivity index (χ1v) is 1.50. The van der Waals surface area contributed by atoms with Gasteiger partial charge in [0.05, 0.1) is 0 Å². The van der Waals surface area contributed by atoms with E-state index in [0.29, 0.717) is 0 Å². The van der Waals surface area contributed by atoms with Crippen LogP contribution in [-0.2, 0) is 0 Å². The Labute approximate surface area is 35.8 Å². The van der Waals surface area contributed by atoms with Crippen LogP contribution >= 0.6 is 12.6 Å². The van der Waals surface area contributed by atoms with Gasteiger partial charge in [0, 0.05) is 0 Å². The first-order valence-electron chi connectivity index (χ1n) is 1.05. The van der Waals surface area contributed by atoms with Gasteiger partial charge >= 0.3 is 5.17 Å². The minimum atomic E-state index is 0.213. The maximum atomic E-state index is 4.84. The van der Waals surface area contributed by atoms with Crippen molar-refractivity contribution in [2.75, 3.05) is 0 Å². The third-order valence-corrected chi connectivity index (χ3v) is 0.303. The Balaban J connectivity index is 3.60. The highest BCUT2D eigenvalue weighted by Gasteiger charge is 1.75. The molecule has 2 N–H and O–H groups in total. The molecule has 0 radical (unpaired) electrons. The molecule has 0 aromatic heterocycles. The van der Waals surface area contributed by atoms with E-state index in [1.807, 2.05) is 0 Å². The Kier molecular flexibility index (Phi) is 1.73. The normalized spacial score (nSPS) is 5.80. The van der Waals surface area contributed by atoms with Gasteiger partial charge in [-0.2, -0.15) is 0 Å². The van der Waals surface area contributed by atoms with Gasteiger partial charge in [-0.3, -0.25) is 5.73 Å². The largest absolute Gasteiger partial charge is 0.398 e. The third-order valence-electron chi connectivity index (χ3n) is 0.162. The van der Waals surface area contributed by atoms with Crippen LogP contribution in [-0.4, -0.2) is 11.9 Å². The molecule has 5 heavy (non-hydrogen) atoms. The van der Waals surface area contributed by atoms with Gasteiger partial charge in [-0.05, 0) is 12.6 Å². The first kappa shape index (κ1) is 4.60. The van der Waals surface area contributed by atoms with Gasteiger partial charge in [0.25, 0.3) is 0 Å². The van der Waals surface area contributed by atoms with E-state index in [9.17, 15) is 0 Å². The summed E-state index contributed by atoms with van der Waals surface area (Å²) in [5.41, 5.74) is 4.84. The average molecular weight is 89.1 g/mol. The fourth-order valence-electron chi connectivity index (χ4n) is 0. The molecule has 0 rings (SSSR count). The lowest BCUT2D eigenvalue weighted by atomic mass is 11.3. The van der Waals surface area contributed by atoms with Crippen LogP contribution in [0, 0.1) is 0 Å². The highest BCUT2D eigenvalue weighted by atomic mass is 32.1. The summed E-state index contributed by atoms with van der Waals surface area (Å²) in [6, 6.07) is 0. The van der Waals surface area contributed by atoms with Gasteiger partial charge in [0.2, 0.25) is 0 Å². The summed E-state index contributed by atoms with van der Waals surface area (Å²) in [7, 11) is 0. The van der Waals surface area contributed by atoms with Crippen LogP contribution in [0.2, 0.25) is 0 Å². The molecule has 0 aromatic carbocycles. The van der Waals surface area contributed by atoms with E-state index in [1.165, 1.54) is 0 Å². The Morgan fingerprint density at radius 3 is 2.20 bits per heavy atom. The Morgan fingerprint density at radius 2 is 2.20 bits per heavy atom. The maximum absolute atomic E-state index is 4.84. The summed E-state index contributed by atoms with van der Waals surface area (Å²) in [6.45, 7) is 3.07. The zero-order valence-electron chi connectivity index (χ0n) is 2.68. The molecule has 0 fully saturated rings. The first-order chi connectivity index (χ1) is 2.27. The van der Waals surface area contributed by atoms with Crippen molar-refractivity contribution in [1.29, 1.82) is 0 Å². The average Bonchev–Trinajstić information content (AvgIpc) is 1.38. The van der Waals surface area contributed by atoms with E-state index >= 15 is 0 Å². The quantitative estimate of drug-likeness (QED) is 0.170.